The molecule has 0 atom stereocenters. The molecule has 0 aliphatic rings. The molecule has 12 N–H and O–H groups in total. The summed E-state index contributed by atoms with van der Waals surface area (Å²) in [6.45, 7) is 5.24. The predicted molar refractivity (Wildman–Crippen MR) is 564 cm³/mol. The van der Waals surface area contributed by atoms with Crippen LogP contribution in [0.5, 0.6) is 0 Å². The van der Waals surface area contributed by atoms with Crippen LogP contribution in [-0.2, 0) is 26.2 Å². The summed E-state index contributed by atoms with van der Waals surface area (Å²) >= 11 is 0. The zero-order chi connectivity index (χ0) is 102. The molecule has 0 saturated heterocycles. The van der Waals surface area contributed by atoms with Gasteiger partial charge < -0.3 is 73.2 Å². The average Bonchev–Trinajstić information content (AvgIpc) is 0.790. The van der Waals surface area contributed by atoms with Crippen LogP contribution in [0.2, 0.25) is 0 Å². The number of carboxylic acid groups (broad SMARTS) is 2. The van der Waals surface area contributed by atoms with Crippen molar-refractivity contribution in [2.24, 2.45) is 0 Å². The fraction of sp³-hybridized carbons (Fsp3) is 0.111. The summed E-state index contributed by atoms with van der Waals surface area (Å²) < 4.78 is 37.6. The monoisotopic (exact) mass is 1900 g/mol. The van der Waals surface area contributed by atoms with Gasteiger partial charge in [0.05, 0.1) is 56.6 Å². The van der Waals surface area contributed by atoms with Crippen LogP contribution in [0.25, 0.3) is 44.5 Å². The van der Waals surface area contributed by atoms with Crippen molar-refractivity contribution in [1.29, 1.82) is 0 Å². The van der Waals surface area contributed by atoms with Crippen molar-refractivity contribution in [1.82, 2.24) is 19.6 Å². The second-order valence-electron chi connectivity index (χ2n) is 34.0. The maximum absolute atomic E-state index is 13.3. The first kappa shape index (κ1) is 105. The molecule has 0 aliphatic heterocycles. The third-order valence-electron chi connectivity index (χ3n) is 21.5. The van der Waals surface area contributed by atoms with E-state index in [-0.39, 0.29) is 40.7 Å². The first-order valence-electron chi connectivity index (χ1n) is 45.1. The van der Waals surface area contributed by atoms with Gasteiger partial charge in [-0.1, -0.05) is 212 Å². The minimum atomic E-state index is -1.04. The van der Waals surface area contributed by atoms with Gasteiger partial charge in [-0.25, -0.2) is 22.8 Å². The number of carbonyl (C=O) groups is 8. The summed E-state index contributed by atoms with van der Waals surface area (Å²) in [4.78, 5) is 106. The van der Waals surface area contributed by atoms with Gasteiger partial charge in [0, 0.05) is 59.6 Å². The summed E-state index contributed by atoms with van der Waals surface area (Å²) in [5.41, 5.74) is 33.4. The molecule has 0 spiro atoms. The summed E-state index contributed by atoms with van der Waals surface area (Å²) in [5, 5.41) is 34.3. The van der Waals surface area contributed by atoms with Crippen molar-refractivity contribution in [2.45, 2.75) is 33.1 Å². The van der Waals surface area contributed by atoms with Crippen molar-refractivity contribution in [3.8, 4) is 44.5 Å². The molecule has 720 valence electrons. The molecule has 0 aliphatic carbocycles. The highest BCUT2D eigenvalue weighted by molar-refractivity contribution is 6.13. The highest BCUT2D eigenvalue weighted by Gasteiger charge is 2.20. The fourth-order valence-corrected chi connectivity index (χ4v) is 14.2. The molecule has 0 bridgehead atoms. The van der Waals surface area contributed by atoms with E-state index in [1.807, 2.05) is 348 Å². The van der Waals surface area contributed by atoms with Crippen molar-refractivity contribution in [2.75, 3.05) is 99.7 Å². The minimum absolute atomic E-state index is 0.0985. The molecule has 0 radical (unpaired) electrons. The molecule has 0 saturated carbocycles. The summed E-state index contributed by atoms with van der Waals surface area (Å²) in [5.74, 6) is -4.85. The number of hydrogen-bond donors (Lipinski definition) is 10. The van der Waals surface area contributed by atoms with E-state index in [2.05, 4.69) is 51.5 Å². The Bertz CT molecular complexity index is 6500. The lowest BCUT2D eigenvalue weighted by Gasteiger charge is -2.15. The quantitative estimate of drug-likeness (QED) is 0.0225. The van der Waals surface area contributed by atoms with Gasteiger partial charge in [0.2, 0.25) is 0 Å². The predicted octanol–water partition coefficient (Wildman–Crippen LogP) is 23.8. The Balaban J connectivity index is 0.000000170. The van der Waals surface area contributed by atoms with Gasteiger partial charge in [0.15, 0.2) is 0 Å². The maximum Gasteiger partial charge on any atom is 0.335 e. The molecule has 0 aromatic heterocycles. The molecular weight excluding hydrogens is 1790 g/mol. The number of halogens is 3. The van der Waals surface area contributed by atoms with Crippen LogP contribution in [-0.4, -0.2) is 134 Å². The molecule has 22 nitrogen and oxygen atoms in total. The standard InChI is InChI=1S/C30H29N3O2.C29H26FN3O2.2C22H23N3O.2C7H5FO2/c1-21-9-13-24(14-10-21)29(34)31-27-18-17-26(23-7-5-4-6-8-23)19-28(27)32-30(35)25-15-11-22(12-16-25)20-33(2)3;1-33(2)19-20-8-10-22(11-9-20)29(35)32-27-18-24(21-6-4-3-5-7-21)14-17-26(27)31-28(34)23-12-15-25(30)16-13-23;2*1-25(2)15-16-8-10-18(11-9-16)22(26)24-21-14-19(12-13-20(21)23)17-6-4-3-5-7-17;2*8-6-3-1-5(2-4-6)7(9)10/h4-19H,20H2,1-3H3,(H,31,34)(H,32,35);3-18H,19H2,1-2H3,(H,31,34)(H,32,35);2*3-14H,15,23H2,1-2H3,(H,24,26);2*1-4H,(H,9,10)/i;30+0;;;2*8+0. The number of rotatable bonds is 26. The topological polar surface area (TPSA) is 314 Å². The van der Waals surface area contributed by atoms with E-state index in [0.29, 0.717) is 78.9 Å². The SMILES string of the molecule is CN(C)Cc1ccc(C(=O)Nc2cc(-c3ccccc3)ccc2N)cc1.CN(C)Cc1ccc(C(=O)Nc2cc(-c3ccccc3)ccc2N)cc1.CN(C)Cc1ccc(C(=O)Nc2cc(-c3ccccc3)ccc2NC(=O)c2ccc([19F])cc2)cc1.Cc1ccc(C(=O)Nc2ccc(-c3ccccc3)cc2NC(=O)c2ccc(CN(C)C)cc2)cc1.O=C(O)c1ccc([19F])cc1.O=C(O)c1ccc([19F])cc1. The summed E-state index contributed by atoms with van der Waals surface area (Å²) in [6, 6.07) is 114. The van der Waals surface area contributed by atoms with Gasteiger partial charge in [-0.15, -0.1) is 0 Å². The molecular formula is C117H111F3N12O10. The normalized spacial score (nSPS) is 10.5. The largest absolute Gasteiger partial charge is 0.478 e. The lowest BCUT2D eigenvalue weighted by molar-refractivity contribution is 0.0686. The number of amides is 6. The summed E-state index contributed by atoms with van der Waals surface area (Å²) in [6.07, 6.45) is 0. The van der Waals surface area contributed by atoms with Gasteiger partial charge in [-0.3, -0.25) is 28.8 Å². The third-order valence-corrected chi connectivity index (χ3v) is 21.5. The van der Waals surface area contributed by atoms with Gasteiger partial charge in [-0.05, 0) is 312 Å². The highest BCUT2D eigenvalue weighted by Crippen LogP contribution is 2.35. The zero-order valence-corrected chi connectivity index (χ0v) is 80.0. The van der Waals surface area contributed by atoms with Gasteiger partial charge in [-0.2, -0.15) is 0 Å². The molecule has 0 fully saturated rings. The van der Waals surface area contributed by atoms with Crippen molar-refractivity contribution in [3.05, 3.63) is 478 Å². The number of aryl methyl sites for hydroxylation is 1. The molecule has 0 heterocycles. The van der Waals surface area contributed by atoms with Crippen molar-refractivity contribution in [3.63, 3.8) is 0 Å². The number of aromatic carboxylic acids is 2. The molecule has 16 rings (SSSR count). The van der Waals surface area contributed by atoms with E-state index in [9.17, 15) is 51.5 Å². The number of benzene rings is 16. The van der Waals surface area contributed by atoms with Crippen LogP contribution in [0.15, 0.2) is 388 Å². The lowest BCUT2D eigenvalue weighted by Crippen LogP contribution is -2.17. The van der Waals surface area contributed by atoms with E-state index in [1.54, 1.807) is 30.3 Å². The van der Waals surface area contributed by atoms with Gasteiger partial charge in [0.1, 0.15) is 17.5 Å². The van der Waals surface area contributed by atoms with E-state index in [4.69, 9.17) is 21.7 Å². The van der Waals surface area contributed by atoms with E-state index >= 15 is 0 Å². The van der Waals surface area contributed by atoms with E-state index in [0.717, 1.165) is 123 Å². The summed E-state index contributed by atoms with van der Waals surface area (Å²) in [7, 11) is 16.1. The number of anilines is 8. The molecule has 6 amide bonds. The molecule has 0 unspecified atom stereocenters. The first-order valence-corrected chi connectivity index (χ1v) is 45.1. The van der Waals surface area contributed by atoms with Crippen LogP contribution in [0, 0.1) is 24.4 Å². The second kappa shape index (κ2) is 52.2. The Labute approximate surface area is 824 Å². The van der Waals surface area contributed by atoms with Crippen molar-refractivity contribution < 1.29 is 61.7 Å². The number of nitrogens with two attached hydrogens (primary N) is 2. The Morgan fingerprint density at radius 3 is 0.641 bits per heavy atom. The highest BCUT2D eigenvalue weighted by atomic mass is 19.1. The molecule has 142 heavy (non-hydrogen) atoms. The lowest BCUT2D eigenvalue weighted by atomic mass is 10.0. The van der Waals surface area contributed by atoms with Gasteiger partial charge >= 0.3 is 11.9 Å². The number of hydrogen-bond acceptors (Lipinski definition) is 14. The Morgan fingerprint density at radius 2 is 0.415 bits per heavy atom. The van der Waals surface area contributed by atoms with Crippen LogP contribution in [0.1, 0.15) is 111 Å². The average molecular weight is 1900 g/mol. The van der Waals surface area contributed by atoms with Crippen LogP contribution < -0.4 is 43.4 Å². The Hall–Kier alpha value is -17.5. The third kappa shape index (κ3) is 32.9. The number of carboxylic acids is 2. The first-order chi connectivity index (χ1) is 68.2. The molecule has 16 aromatic rings. The fourth-order valence-electron chi connectivity index (χ4n) is 14.2. The van der Waals surface area contributed by atoms with Gasteiger partial charge in [0.25, 0.3) is 35.4 Å². The molecule has 25 heteroatoms. The van der Waals surface area contributed by atoms with Crippen LogP contribution >= 0.6 is 0 Å². The Kier molecular flexibility index (Phi) is 38.6. The number of nitrogens with one attached hydrogen (secondary N) is 6. The Morgan fingerprint density at radius 1 is 0.225 bits per heavy atom. The maximum atomic E-state index is 13.3. The number of carbonyl (C=O) groups excluding carboxylic acids is 6. The number of nitrogens with zero attached hydrogens (tertiary/aromatic N) is 4. The minimum Gasteiger partial charge on any atom is -0.478 e. The zero-order valence-electron chi connectivity index (χ0n) is 80.0. The molecule has 16 aromatic carbocycles. The van der Waals surface area contributed by atoms with Crippen LogP contribution in [0.4, 0.5) is 58.7 Å². The second-order valence-corrected chi connectivity index (χ2v) is 34.0. The smallest absolute Gasteiger partial charge is 0.335 e. The van der Waals surface area contributed by atoms with Crippen molar-refractivity contribution >= 4 is 92.9 Å². The number of nitrogen functional groups attached to an aromatic ring is 2. The van der Waals surface area contributed by atoms with E-state index < -0.39 is 35.3 Å². The van der Waals surface area contributed by atoms with E-state index in [1.165, 1.54) is 48.5 Å². The van der Waals surface area contributed by atoms with Crippen LogP contribution in [0.3, 0.4) is 0 Å².